The molecule has 0 radical (unpaired) electrons. The van der Waals surface area contributed by atoms with Gasteiger partial charge < -0.3 is 9.13 Å². The molecule has 200 valence electrons. The van der Waals surface area contributed by atoms with Crippen LogP contribution < -0.4 is 0 Å². The highest BCUT2D eigenvalue weighted by Gasteiger charge is 2.39. The first kappa shape index (κ1) is 26.1. The van der Waals surface area contributed by atoms with Gasteiger partial charge in [-0.3, -0.25) is 4.79 Å². The lowest BCUT2D eigenvalue weighted by Gasteiger charge is -2.38. The van der Waals surface area contributed by atoms with E-state index in [1.54, 1.807) is 0 Å². The topological polar surface area (TPSA) is 39.8 Å². The molecule has 0 unspecified atom stereocenters. The van der Waals surface area contributed by atoms with Crippen molar-refractivity contribution in [3.05, 3.63) is 161 Å². The van der Waals surface area contributed by atoms with Gasteiger partial charge in [0.1, 0.15) is 5.54 Å². The first-order chi connectivity index (χ1) is 20.1. The molecule has 0 amide bonds. The molecule has 0 fully saturated rings. The molecule has 0 atom stereocenters. The van der Waals surface area contributed by atoms with Crippen molar-refractivity contribution in [1.29, 1.82) is 0 Å². The molecule has 41 heavy (non-hydrogen) atoms. The Morgan fingerprint density at radius 2 is 1.34 bits per heavy atom. The predicted molar refractivity (Wildman–Crippen MR) is 165 cm³/mol. The highest BCUT2D eigenvalue weighted by molar-refractivity contribution is 6.08. The largest absolute Gasteiger partial charge is 0.335 e. The van der Waals surface area contributed by atoms with Crippen molar-refractivity contribution in [3.63, 3.8) is 0 Å². The molecule has 0 saturated carbocycles. The number of para-hydroxylation sites is 1. The summed E-state index contributed by atoms with van der Waals surface area (Å²) in [5.74, 6) is 2.78. The minimum absolute atomic E-state index is 0.0892. The van der Waals surface area contributed by atoms with Crippen LogP contribution in [-0.4, -0.2) is 19.9 Å². The number of fused-ring (bicyclic) bond motifs is 1. The summed E-state index contributed by atoms with van der Waals surface area (Å²) < 4.78 is 4.24. The van der Waals surface area contributed by atoms with Crippen LogP contribution in [0.1, 0.15) is 44.9 Å². The fourth-order valence-corrected chi connectivity index (χ4v) is 6.05. The molecule has 4 aromatic carbocycles. The molecule has 2 aromatic heterocycles. The summed E-state index contributed by atoms with van der Waals surface area (Å²) in [4.78, 5) is 18.4. The molecular weight excluding hydrogens is 502 g/mol. The van der Waals surface area contributed by atoms with Crippen LogP contribution in [0.3, 0.4) is 0 Å². The Labute approximate surface area is 240 Å². The molecule has 2 heterocycles. The number of benzene rings is 4. The van der Waals surface area contributed by atoms with E-state index >= 15 is 0 Å². The Kier molecular flexibility index (Phi) is 7.10. The normalized spacial score (nSPS) is 11.4. The third-order valence-corrected chi connectivity index (χ3v) is 7.98. The first-order valence-electron chi connectivity index (χ1n) is 13.9. The lowest BCUT2D eigenvalue weighted by Crippen LogP contribution is -2.38. The van der Waals surface area contributed by atoms with Crippen molar-refractivity contribution in [3.8, 4) is 12.3 Å². The summed E-state index contributed by atoms with van der Waals surface area (Å²) >= 11 is 0. The number of ketones is 1. The Morgan fingerprint density at radius 1 is 0.805 bits per heavy atom. The van der Waals surface area contributed by atoms with Gasteiger partial charge in [-0.05, 0) is 36.1 Å². The standard InChI is InChI=1S/C37H31N3O/c1-3-25-39-26-33(32-21-13-14-22-35(32)39)36(41)24-23-34-28(2)40(27-38-34)37(29-15-7-4-8-16-29,30-17-9-5-10-18-30)31-19-11-6-12-20-31/h1,4-22,26-27H,23-25H2,2H3. The van der Waals surface area contributed by atoms with Crippen molar-refractivity contribution in [2.45, 2.75) is 31.8 Å². The van der Waals surface area contributed by atoms with Crippen molar-refractivity contribution >= 4 is 16.7 Å². The second kappa shape index (κ2) is 11.2. The number of carbonyl (C=O) groups is 1. The number of aryl methyl sites for hydroxylation is 1. The van der Waals surface area contributed by atoms with Gasteiger partial charge in [0.05, 0.1) is 18.6 Å². The highest BCUT2D eigenvalue weighted by atomic mass is 16.1. The van der Waals surface area contributed by atoms with Gasteiger partial charge in [-0.1, -0.05) is 115 Å². The van der Waals surface area contributed by atoms with Crippen LogP contribution in [0.4, 0.5) is 0 Å². The lowest BCUT2D eigenvalue weighted by atomic mass is 9.76. The molecule has 0 spiro atoms. The first-order valence-corrected chi connectivity index (χ1v) is 13.9. The van der Waals surface area contributed by atoms with Gasteiger partial charge in [-0.25, -0.2) is 4.98 Å². The molecule has 4 nitrogen and oxygen atoms in total. The zero-order valence-electron chi connectivity index (χ0n) is 23.1. The van der Waals surface area contributed by atoms with E-state index in [-0.39, 0.29) is 5.78 Å². The maximum atomic E-state index is 13.5. The van der Waals surface area contributed by atoms with E-state index in [0.29, 0.717) is 24.9 Å². The summed E-state index contributed by atoms with van der Waals surface area (Å²) in [6.45, 7) is 2.53. The Bertz CT molecular complexity index is 1740. The summed E-state index contributed by atoms with van der Waals surface area (Å²) in [5, 5.41) is 0.936. The highest BCUT2D eigenvalue weighted by Crippen LogP contribution is 2.42. The van der Waals surface area contributed by atoms with Crippen molar-refractivity contribution in [2.24, 2.45) is 0 Å². The molecule has 0 aliphatic carbocycles. The smallest absolute Gasteiger partial charge is 0.165 e. The summed E-state index contributed by atoms with van der Waals surface area (Å²) in [6, 6.07) is 39.6. The van der Waals surface area contributed by atoms with Gasteiger partial charge in [0.15, 0.2) is 5.78 Å². The minimum atomic E-state index is -0.633. The molecule has 6 rings (SSSR count). The van der Waals surface area contributed by atoms with Crippen molar-refractivity contribution in [2.75, 3.05) is 0 Å². The van der Waals surface area contributed by atoms with Crippen LogP contribution >= 0.6 is 0 Å². The molecule has 6 aromatic rings. The summed E-state index contributed by atoms with van der Waals surface area (Å²) in [7, 11) is 0. The van der Waals surface area contributed by atoms with E-state index in [2.05, 4.69) is 90.2 Å². The summed E-state index contributed by atoms with van der Waals surface area (Å²) in [5.41, 5.74) is 6.42. The molecule has 0 aliphatic rings. The average Bonchev–Trinajstić information content (AvgIpc) is 3.59. The third kappa shape index (κ3) is 4.56. The zero-order valence-corrected chi connectivity index (χ0v) is 23.1. The van der Waals surface area contributed by atoms with Gasteiger partial charge in [0.2, 0.25) is 0 Å². The SMILES string of the molecule is C#CCn1cc(C(=O)CCc2ncn(C(c3ccccc3)(c3ccccc3)c3ccccc3)c2C)c2ccccc21. The number of terminal acetylenes is 1. The van der Waals surface area contributed by atoms with Crippen LogP contribution in [0.5, 0.6) is 0 Å². The maximum Gasteiger partial charge on any atom is 0.165 e. The minimum Gasteiger partial charge on any atom is -0.335 e. The molecule has 4 heteroatoms. The quantitative estimate of drug-likeness (QED) is 0.110. The number of Topliss-reactive ketones (excluding diaryl/α,β-unsaturated/α-hetero) is 1. The molecule has 0 aliphatic heterocycles. The van der Waals surface area contributed by atoms with Crippen LogP contribution in [0.25, 0.3) is 10.9 Å². The molecule has 0 saturated heterocycles. The predicted octanol–water partition coefficient (Wildman–Crippen LogP) is 7.44. The van der Waals surface area contributed by atoms with Gasteiger partial charge >= 0.3 is 0 Å². The average molecular weight is 534 g/mol. The second-order valence-electron chi connectivity index (χ2n) is 10.3. The van der Waals surface area contributed by atoms with E-state index in [1.807, 2.05) is 59.6 Å². The van der Waals surface area contributed by atoms with Crippen LogP contribution in [0.15, 0.2) is 128 Å². The van der Waals surface area contributed by atoms with Crippen molar-refractivity contribution < 1.29 is 4.79 Å². The van der Waals surface area contributed by atoms with Crippen LogP contribution in [0.2, 0.25) is 0 Å². The van der Waals surface area contributed by atoms with E-state index in [1.165, 1.54) is 0 Å². The second-order valence-corrected chi connectivity index (χ2v) is 10.3. The Morgan fingerprint density at radius 3 is 1.90 bits per heavy atom. The van der Waals surface area contributed by atoms with E-state index < -0.39 is 5.54 Å². The van der Waals surface area contributed by atoms with E-state index in [9.17, 15) is 4.79 Å². The number of nitrogens with zero attached hydrogens (tertiary/aromatic N) is 3. The van der Waals surface area contributed by atoms with Crippen molar-refractivity contribution in [1.82, 2.24) is 14.1 Å². The number of imidazole rings is 1. The van der Waals surface area contributed by atoms with E-state index in [0.717, 1.165) is 39.0 Å². The number of carbonyl (C=O) groups excluding carboxylic acids is 1. The van der Waals surface area contributed by atoms with Gasteiger partial charge in [-0.2, -0.15) is 0 Å². The number of hydrogen-bond acceptors (Lipinski definition) is 2. The molecule has 0 bridgehead atoms. The summed E-state index contributed by atoms with van der Waals surface area (Å²) in [6.07, 6.45) is 10.3. The van der Waals surface area contributed by atoms with Gasteiger partial charge in [0.25, 0.3) is 0 Å². The molecular formula is C37H31N3O. The van der Waals surface area contributed by atoms with Gasteiger partial charge in [0, 0.05) is 34.8 Å². The number of aromatic nitrogens is 3. The van der Waals surface area contributed by atoms with E-state index in [4.69, 9.17) is 11.4 Å². The van der Waals surface area contributed by atoms with Gasteiger partial charge in [-0.15, -0.1) is 6.42 Å². The van der Waals surface area contributed by atoms with Crippen LogP contribution in [-0.2, 0) is 18.5 Å². The Hall–Kier alpha value is -5.14. The fraction of sp³-hybridized carbons (Fsp3) is 0.135. The fourth-order valence-electron chi connectivity index (χ4n) is 6.05. The maximum absolute atomic E-state index is 13.5. The monoisotopic (exact) mass is 533 g/mol. The zero-order chi connectivity index (χ0) is 28.2. The van der Waals surface area contributed by atoms with Crippen LogP contribution in [0, 0.1) is 19.3 Å². The third-order valence-electron chi connectivity index (χ3n) is 7.98. The molecule has 0 N–H and O–H groups in total. The Balaban J connectivity index is 1.41. The lowest BCUT2D eigenvalue weighted by molar-refractivity contribution is 0.0984. The number of hydrogen-bond donors (Lipinski definition) is 0. The number of rotatable bonds is 9.